The fourth-order valence-corrected chi connectivity index (χ4v) is 2.28. The predicted molar refractivity (Wildman–Crippen MR) is 71.4 cm³/mol. The molecule has 0 unspecified atom stereocenters. The number of aromatic hydroxyl groups is 1. The monoisotopic (exact) mass is 229 g/mol. The molecule has 0 bridgehead atoms. The van der Waals surface area contributed by atoms with Gasteiger partial charge in [-0.2, -0.15) is 0 Å². The molecular weight excluding hydrogens is 210 g/mol. The van der Waals surface area contributed by atoms with Gasteiger partial charge >= 0.3 is 0 Å². The second kappa shape index (κ2) is 5.17. The molecule has 2 nitrogen and oxygen atoms in total. The molecule has 0 radical (unpaired) electrons. The summed E-state index contributed by atoms with van der Waals surface area (Å²) in [7, 11) is 0. The number of benzene rings is 1. The van der Waals surface area contributed by atoms with E-state index in [9.17, 15) is 5.11 Å². The Kier molecular flexibility index (Phi) is 3.62. The molecule has 0 spiro atoms. The van der Waals surface area contributed by atoms with Crippen LogP contribution in [-0.4, -0.2) is 10.1 Å². The Hall–Kier alpha value is -1.57. The third-order valence-electron chi connectivity index (χ3n) is 3.06. The number of hydrogen-bond donors (Lipinski definition) is 1. The van der Waals surface area contributed by atoms with Gasteiger partial charge in [-0.3, -0.25) is 4.98 Å². The van der Waals surface area contributed by atoms with E-state index in [-0.39, 0.29) is 0 Å². The highest BCUT2D eigenvalue weighted by atomic mass is 16.3. The molecular formula is C15H19NO. The van der Waals surface area contributed by atoms with Gasteiger partial charge in [-0.25, -0.2) is 0 Å². The fraction of sp³-hybridized carbons (Fsp3) is 0.400. The molecule has 0 aliphatic heterocycles. The van der Waals surface area contributed by atoms with Gasteiger partial charge in [0.1, 0.15) is 5.75 Å². The van der Waals surface area contributed by atoms with Crippen LogP contribution in [-0.2, 0) is 12.8 Å². The van der Waals surface area contributed by atoms with Crippen LogP contribution in [0.25, 0.3) is 10.8 Å². The van der Waals surface area contributed by atoms with Crippen molar-refractivity contribution in [1.29, 1.82) is 0 Å². The van der Waals surface area contributed by atoms with Crippen molar-refractivity contribution in [2.75, 3.05) is 0 Å². The number of aromatic nitrogens is 1. The van der Waals surface area contributed by atoms with Crippen molar-refractivity contribution in [1.82, 2.24) is 4.98 Å². The van der Waals surface area contributed by atoms with Crippen LogP contribution >= 0.6 is 0 Å². The molecule has 1 N–H and O–H groups in total. The largest absolute Gasteiger partial charge is 0.508 e. The minimum Gasteiger partial charge on any atom is -0.508 e. The van der Waals surface area contributed by atoms with E-state index in [1.165, 1.54) is 11.3 Å². The molecule has 2 aromatic rings. The smallest absolute Gasteiger partial charge is 0.116 e. The van der Waals surface area contributed by atoms with E-state index in [4.69, 9.17) is 0 Å². The van der Waals surface area contributed by atoms with Crippen molar-refractivity contribution in [3.8, 4) is 5.75 Å². The van der Waals surface area contributed by atoms with Crippen LogP contribution in [0.15, 0.2) is 24.4 Å². The standard InChI is InChI=1S/C15H19NO/c1-3-5-13-14-9-12(17)8-7-11(14)10-16-15(13)6-4-2/h7-10,17H,3-6H2,1-2H3. The lowest BCUT2D eigenvalue weighted by atomic mass is 9.98. The van der Waals surface area contributed by atoms with Crippen LogP contribution < -0.4 is 0 Å². The zero-order valence-corrected chi connectivity index (χ0v) is 10.5. The molecule has 0 amide bonds. The Bertz CT molecular complexity index is 520. The van der Waals surface area contributed by atoms with Crippen molar-refractivity contribution in [3.05, 3.63) is 35.7 Å². The number of pyridine rings is 1. The lowest BCUT2D eigenvalue weighted by molar-refractivity contribution is 0.476. The maximum absolute atomic E-state index is 9.62. The Morgan fingerprint density at radius 2 is 1.88 bits per heavy atom. The number of hydrogen-bond acceptors (Lipinski definition) is 2. The summed E-state index contributed by atoms with van der Waals surface area (Å²) < 4.78 is 0. The summed E-state index contributed by atoms with van der Waals surface area (Å²) in [4.78, 5) is 4.56. The van der Waals surface area contributed by atoms with Crippen molar-refractivity contribution < 1.29 is 5.11 Å². The summed E-state index contributed by atoms with van der Waals surface area (Å²) in [5.41, 5.74) is 2.50. The van der Waals surface area contributed by atoms with Gasteiger partial charge in [0.25, 0.3) is 0 Å². The molecule has 2 heteroatoms. The number of phenolic OH excluding ortho intramolecular Hbond substituents is 1. The summed E-state index contributed by atoms with van der Waals surface area (Å²) in [6.07, 6.45) is 6.17. The molecule has 1 aromatic heterocycles. The normalized spacial score (nSPS) is 10.9. The third kappa shape index (κ3) is 2.41. The number of nitrogens with zero attached hydrogens (tertiary/aromatic N) is 1. The van der Waals surface area contributed by atoms with Gasteiger partial charge < -0.3 is 5.11 Å². The summed E-state index contributed by atoms with van der Waals surface area (Å²) in [5, 5.41) is 11.9. The third-order valence-corrected chi connectivity index (χ3v) is 3.06. The summed E-state index contributed by atoms with van der Waals surface area (Å²) >= 11 is 0. The number of fused-ring (bicyclic) bond motifs is 1. The van der Waals surface area contributed by atoms with Gasteiger partial charge in [-0.1, -0.05) is 26.7 Å². The quantitative estimate of drug-likeness (QED) is 0.864. The van der Waals surface area contributed by atoms with Crippen molar-refractivity contribution in [2.45, 2.75) is 39.5 Å². The maximum atomic E-state index is 9.62. The molecule has 0 aliphatic rings. The van der Waals surface area contributed by atoms with E-state index >= 15 is 0 Å². The molecule has 0 atom stereocenters. The Morgan fingerprint density at radius 3 is 2.59 bits per heavy atom. The summed E-state index contributed by atoms with van der Waals surface area (Å²) in [6, 6.07) is 5.52. The van der Waals surface area contributed by atoms with E-state index in [1.807, 2.05) is 18.3 Å². The zero-order valence-electron chi connectivity index (χ0n) is 10.5. The average molecular weight is 229 g/mol. The van der Waals surface area contributed by atoms with Crippen LogP contribution in [0.5, 0.6) is 5.75 Å². The van der Waals surface area contributed by atoms with Crippen LogP contribution in [0.2, 0.25) is 0 Å². The second-order valence-corrected chi connectivity index (χ2v) is 4.45. The van der Waals surface area contributed by atoms with Gasteiger partial charge in [0.15, 0.2) is 0 Å². The van der Waals surface area contributed by atoms with Gasteiger partial charge in [-0.15, -0.1) is 0 Å². The van der Waals surface area contributed by atoms with E-state index in [0.717, 1.165) is 36.5 Å². The maximum Gasteiger partial charge on any atom is 0.116 e. The number of aryl methyl sites for hydroxylation is 2. The van der Waals surface area contributed by atoms with Gasteiger partial charge in [-0.05, 0) is 42.0 Å². The predicted octanol–water partition coefficient (Wildman–Crippen LogP) is 3.85. The van der Waals surface area contributed by atoms with Gasteiger partial charge in [0, 0.05) is 17.3 Å². The molecule has 0 saturated heterocycles. The summed E-state index contributed by atoms with van der Waals surface area (Å²) in [5.74, 6) is 0.337. The van der Waals surface area contributed by atoms with E-state index in [2.05, 4.69) is 18.8 Å². The minimum absolute atomic E-state index is 0.337. The first-order valence-electron chi connectivity index (χ1n) is 6.35. The first-order valence-corrected chi connectivity index (χ1v) is 6.35. The highest BCUT2D eigenvalue weighted by Crippen LogP contribution is 2.26. The molecule has 90 valence electrons. The Balaban J connectivity index is 2.63. The Labute approximate surface area is 102 Å². The molecule has 1 aromatic carbocycles. The number of phenols is 1. The highest BCUT2D eigenvalue weighted by molar-refractivity contribution is 5.86. The number of rotatable bonds is 4. The lowest BCUT2D eigenvalue weighted by Gasteiger charge is -2.11. The Morgan fingerprint density at radius 1 is 1.12 bits per heavy atom. The van der Waals surface area contributed by atoms with Gasteiger partial charge in [0.05, 0.1) is 0 Å². The molecule has 0 saturated carbocycles. The molecule has 2 rings (SSSR count). The second-order valence-electron chi connectivity index (χ2n) is 4.45. The minimum atomic E-state index is 0.337. The van der Waals surface area contributed by atoms with Crippen molar-refractivity contribution in [3.63, 3.8) is 0 Å². The summed E-state index contributed by atoms with van der Waals surface area (Å²) in [6.45, 7) is 4.35. The van der Waals surface area contributed by atoms with Crippen LogP contribution in [0, 0.1) is 0 Å². The van der Waals surface area contributed by atoms with E-state index < -0.39 is 0 Å². The van der Waals surface area contributed by atoms with E-state index in [1.54, 1.807) is 6.07 Å². The first kappa shape index (κ1) is 11.9. The first-order chi connectivity index (χ1) is 8.26. The van der Waals surface area contributed by atoms with Crippen molar-refractivity contribution >= 4 is 10.8 Å². The molecule has 17 heavy (non-hydrogen) atoms. The molecule has 0 fully saturated rings. The zero-order chi connectivity index (χ0) is 12.3. The molecule has 1 heterocycles. The van der Waals surface area contributed by atoms with Crippen LogP contribution in [0.1, 0.15) is 37.9 Å². The van der Waals surface area contributed by atoms with Gasteiger partial charge in [0.2, 0.25) is 0 Å². The molecule has 0 aliphatic carbocycles. The van der Waals surface area contributed by atoms with Crippen molar-refractivity contribution in [2.24, 2.45) is 0 Å². The fourth-order valence-electron chi connectivity index (χ4n) is 2.28. The highest BCUT2D eigenvalue weighted by Gasteiger charge is 2.08. The van der Waals surface area contributed by atoms with Crippen LogP contribution in [0.3, 0.4) is 0 Å². The van der Waals surface area contributed by atoms with E-state index in [0.29, 0.717) is 5.75 Å². The lowest BCUT2D eigenvalue weighted by Crippen LogP contribution is -1.99. The topological polar surface area (TPSA) is 33.1 Å². The SMILES string of the molecule is CCCc1ncc2ccc(O)cc2c1CCC. The van der Waals surface area contributed by atoms with Crippen LogP contribution in [0.4, 0.5) is 0 Å². The average Bonchev–Trinajstić information content (AvgIpc) is 2.33.